The van der Waals surface area contributed by atoms with Crippen LogP contribution in [0.3, 0.4) is 0 Å². The van der Waals surface area contributed by atoms with Crippen LogP contribution in [0.1, 0.15) is 22.4 Å². The third kappa shape index (κ3) is 6.42. The van der Waals surface area contributed by atoms with Gasteiger partial charge in [-0.05, 0) is 48.7 Å². The maximum absolute atomic E-state index is 12.0. The number of carbonyl (C=O) groups is 2. The highest BCUT2D eigenvalue weighted by Crippen LogP contribution is 2.13. The number of carbonyl (C=O) groups excluding carboxylic acids is 2. The lowest BCUT2D eigenvalue weighted by molar-refractivity contribution is -0.142. The molecule has 0 saturated heterocycles. The molecule has 0 aliphatic carbocycles. The predicted molar refractivity (Wildman–Crippen MR) is 110 cm³/mol. The summed E-state index contributed by atoms with van der Waals surface area (Å²) in [5, 5.41) is 10.7. The molecule has 0 bridgehead atoms. The summed E-state index contributed by atoms with van der Waals surface area (Å²) in [4.78, 5) is 23.8. The lowest BCUT2D eigenvalue weighted by Gasteiger charge is -2.07. The van der Waals surface area contributed by atoms with E-state index in [-0.39, 0.29) is 6.61 Å². The van der Waals surface area contributed by atoms with E-state index in [9.17, 15) is 9.59 Å². The van der Waals surface area contributed by atoms with Crippen LogP contribution in [0, 0.1) is 13.8 Å². The zero-order valence-corrected chi connectivity index (χ0v) is 16.3. The number of nitrogens with zero attached hydrogens (tertiary/aromatic N) is 3. The molecule has 7 heteroatoms. The number of hydrogen-bond donors (Lipinski definition) is 1. The SMILES string of the molecule is Cc1cc(C)cc(NC(=O)COC(=O)/C=C/c2cn(Cc3ccccc3)nn2)c1. The molecule has 0 atom stereocenters. The third-order valence-corrected chi connectivity index (χ3v) is 3.98. The van der Waals surface area contributed by atoms with Gasteiger partial charge in [-0.15, -0.1) is 5.10 Å². The van der Waals surface area contributed by atoms with Crippen LogP contribution in [0.15, 0.2) is 60.8 Å². The van der Waals surface area contributed by atoms with E-state index in [1.54, 1.807) is 10.9 Å². The molecule has 3 rings (SSSR count). The van der Waals surface area contributed by atoms with Crippen molar-refractivity contribution in [3.8, 4) is 0 Å². The summed E-state index contributed by atoms with van der Waals surface area (Å²) in [5.41, 5.74) is 4.38. The van der Waals surface area contributed by atoms with Crippen molar-refractivity contribution in [2.75, 3.05) is 11.9 Å². The average Bonchev–Trinajstić information content (AvgIpc) is 3.12. The van der Waals surface area contributed by atoms with Crippen molar-refractivity contribution < 1.29 is 14.3 Å². The summed E-state index contributed by atoms with van der Waals surface area (Å²) >= 11 is 0. The highest BCUT2D eigenvalue weighted by atomic mass is 16.5. The highest BCUT2D eigenvalue weighted by Gasteiger charge is 2.07. The molecule has 1 heterocycles. The number of hydrogen-bond acceptors (Lipinski definition) is 5. The maximum Gasteiger partial charge on any atom is 0.331 e. The lowest BCUT2D eigenvalue weighted by atomic mass is 10.1. The van der Waals surface area contributed by atoms with E-state index < -0.39 is 11.9 Å². The summed E-state index contributed by atoms with van der Waals surface area (Å²) < 4.78 is 6.65. The van der Waals surface area contributed by atoms with E-state index in [2.05, 4.69) is 15.6 Å². The van der Waals surface area contributed by atoms with Crippen LogP contribution < -0.4 is 5.32 Å². The minimum absolute atomic E-state index is 0.364. The first-order valence-corrected chi connectivity index (χ1v) is 9.15. The Labute approximate surface area is 169 Å². The standard InChI is InChI=1S/C22H22N4O3/c1-16-10-17(2)12-20(11-16)23-21(27)15-29-22(28)9-8-19-14-26(25-24-19)13-18-6-4-3-5-7-18/h3-12,14H,13,15H2,1-2H3,(H,23,27)/b9-8+. The van der Waals surface area contributed by atoms with Gasteiger partial charge in [-0.3, -0.25) is 4.79 Å². The molecule has 1 N–H and O–H groups in total. The zero-order valence-electron chi connectivity index (χ0n) is 16.3. The number of rotatable bonds is 7. The predicted octanol–water partition coefficient (Wildman–Crippen LogP) is 3.14. The molecule has 0 aliphatic heterocycles. The topological polar surface area (TPSA) is 86.1 Å². The van der Waals surface area contributed by atoms with Gasteiger partial charge < -0.3 is 10.1 Å². The molecule has 0 radical (unpaired) electrons. The van der Waals surface area contributed by atoms with E-state index in [0.717, 1.165) is 16.7 Å². The summed E-state index contributed by atoms with van der Waals surface area (Å²) in [7, 11) is 0. The van der Waals surface area contributed by atoms with Crippen LogP contribution >= 0.6 is 0 Å². The molecule has 0 spiro atoms. The van der Waals surface area contributed by atoms with Crippen molar-refractivity contribution in [1.29, 1.82) is 0 Å². The average molecular weight is 390 g/mol. The molecule has 0 fully saturated rings. The fourth-order valence-electron chi connectivity index (χ4n) is 2.82. The second-order valence-corrected chi connectivity index (χ2v) is 6.69. The van der Waals surface area contributed by atoms with Gasteiger partial charge in [0.05, 0.1) is 12.7 Å². The van der Waals surface area contributed by atoms with E-state index in [1.807, 2.05) is 62.4 Å². The molecule has 7 nitrogen and oxygen atoms in total. The number of aryl methyl sites for hydroxylation is 2. The van der Waals surface area contributed by atoms with Gasteiger partial charge in [-0.1, -0.05) is 41.6 Å². The number of anilines is 1. The molecule has 0 unspecified atom stereocenters. The molecule has 3 aromatic rings. The molecule has 148 valence electrons. The van der Waals surface area contributed by atoms with Crippen LogP contribution in [0.5, 0.6) is 0 Å². The Morgan fingerprint density at radius 1 is 1.10 bits per heavy atom. The van der Waals surface area contributed by atoms with Gasteiger partial charge in [0, 0.05) is 11.8 Å². The quantitative estimate of drug-likeness (QED) is 0.495. The van der Waals surface area contributed by atoms with Gasteiger partial charge in [0.25, 0.3) is 5.91 Å². The fourth-order valence-corrected chi connectivity index (χ4v) is 2.82. The second kappa shape index (κ2) is 9.45. The Morgan fingerprint density at radius 3 is 2.55 bits per heavy atom. The van der Waals surface area contributed by atoms with E-state index in [0.29, 0.717) is 17.9 Å². The maximum atomic E-state index is 12.0. The molecule has 1 amide bonds. The Balaban J connectivity index is 1.46. The first-order valence-electron chi connectivity index (χ1n) is 9.15. The summed E-state index contributed by atoms with van der Waals surface area (Å²) in [5.74, 6) is -1.02. The van der Waals surface area contributed by atoms with Crippen LogP contribution in [0.2, 0.25) is 0 Å². The van der Waals surface area contributed by atoms with E-state index >= 15 is 0 Å². The fraction of sp³-hybridized carbons (Fsp3) is 0.182. The van der Waals surface area contributed by atoms with E-state index in [1.165, 1.54) is 12.2 Å². The molecule has 0 saturated carbocycles. The number of nitrogens with one attached hydrogen (secondary N) is 1. The number of esters is 1. The summed E-state index contributed by atoms with van der Waals surface area (Å²) in [6.07, 6.45) is 4.45. The van der Waals surface area contributed by atoms with Crippen molar-refractivity contribution in [3.63, 3.8) is 0 Å². The summed E-state index contributed by atoms with van der Waals surface area (Å²) in [6, 6.07) is 15.6. The minimum atomic E-state index is -0.627. The van der Waals surface area contributed by atoms with E-state index in [4.69, 9.17) is 4.74 Å². The molecule has 1 aromatic heterocycles. The monoisotopic (exact) mass is 390 g/mol. The van der Waals surface area contributed by atoms with Crippen LogP contribution in [0.4, 0.5) is 5.69 Å². The Kier molecular flexibility index (Phi) is 6.52. The van der Waals surface area contributed by atoms with Crippen molar-refractivity contribution in [1.82, 2.24) is 15.0 Å². The van der Waals surface area contributed by atoms with Gasteiger partial charge in [-0.25, -0.2) is 9.48 Å². The van der Waals surface area contributed by atoms with Gasteiger partial charge in [-0.2, -0.15) is 0 Å². The second-order valence-electron chi connectivity index (χ2n) is 6.69. The van der Waals surface area contributed by atoms with Crippen molar-refractivity contribution in [2.24, 2.45) is 0 Å². The first-order chi connectivity index (χ1) is 14.0. The first kappa shape index (κ1) is 20.0. The van der Waals surface area contributed by atoms with Crippen LogP contribution in [-0.4, -0.2) is 33.5 Å². The van der Waals surface area contributed by atoms with Gasteiger partial charge in [0.15, 0.2) is 6.61 Å². The minimum Gasteiger partial charge on any atom is -0.452 e. The normalized spacial score (nSPS) is 10.8. The molecule has 2 aromatic carbocycles. The lowest BCUT2D eigenvalue weighted by Crippen LogP contribution is -2.20. The Hall–Kier alpha value is -3.74. The van der Waals surface area contributed by atoms with Crippen molar-refractivity contribution >= 4 is 23.6 Å². The van der Waals surface area contributed by atoms with Crippen LogP contribution in [-0.2, 0) is 20.9 Å². The summed E-state index contributed by atoms with van der Waals surface area (Å²) in [6.45, 7) is 4.12. The highest BCUT2D eigenvalue weighted by molar-refractivity contribution is 5.94. The van der Waals surface area contributed by atoms with Gasteiger partial charge in [0.2, 0.25) is 0 Å². The van der Waals surface area contributed by atoms with Gasteiger partial charge in [0.1, 0.15) is 5.69 Å². The number of benzene rings is 2. The molecule has 0 aliphatic rings. The molecular weight excluding hydrogens is 368 g/mol. The largest absolute Gasteiger partial charge is 0.452 e. The van der Waals surface area contributed by atoms with Crippen molar-refractivity contribution in [2.45, 2.75) is 20.4 Å². The van der Waals surface area contributed by atoms with Crippen molar-refractivity contribution in [3.05, 3.63) is 83.2 Å². The number of ether oxygens (including phenoxy) is 1. The Bertz CT molecular complexity index is 1010. The number of amides is 1. The third-order valence-electron chi connectivity index (χ3n) is 3.98. The zero-order chi connectivity index (χ0) is 20.6. The van der Waals surface area contributed by atoms with Crippen LogP contribution in [0.25, 0.3) is 6.08 Å². The molecule has 29 heavy (non-hydrogen) atoms. The Morgan fingerprint density at radius 2 is 1.83 bits per heavy atom. The number of aromatic nitrogens is 3. The van der Waals surface area contributed by atoms with Gasteiger partial charge >= 0.3 is 5.97 Å². The molecular formula is C22H22N4O3. The smallest absolute Gasteiger partial charge is 0.331 e.